The van der Waals surface area contributed by atoms with E-state index in [-0.39, 0.29) is 6.04 Å². The maximum absolute atomic E-state index is 6.19. The summed E-state index contributed by atoms with van der Waals surface area (Å²) in [7, 11) is 0. The van der Waals surface area contributed by atoms with Gasteiger partial charge in [0.15, 0.2) is 0 Å². The van der Waals surface area contributed by atoms with Gasteiger partial charge in [0.05, 0.1) is 0 Å². The molecule has 0 saturated heterocycles. The third kappa shape index (κ3) is 2.62. The normalized spacial score (nSPS) is 21.1. The van der Waals surface area contributed by atoms with Crippen molar-refractivity contribution in [3.63, 3.8) is 0 Å². The van der Waals surface area contributed by atoms with Crippen LogP contribution in [-0.4, -0.2) is 29.1 Å². The molecule has 0 saturated carbocycles. The number of fused-ring (bicyclic) bond motifs is 1. The van der Waals surface area contributed by atoms with Gasteiger partial charge in [0.25, 0.3) is 0 Å². The molecule has 0 aliphatic heterocycles. The highest BCUT2D eigenvalue weighted by molar-refractivity contribution is 5.28. The van der Waals surface area contributed by atoms with E-state index in [0.29, 0.717) is 6.04 Å². The second kappa shape index (κ2) is 5.89. The fourth-order valence-electron chi connectivity index (χ4n) is 3.11. The molecule has 0 spiro atoms. The molecule has 0 fully saturated rings. The number of rotatable bonds is 5. The summed E-state index contributed by atoms with van der Waals surface area (Å²) >= 11 is 0. The lowest BCUT2D eigenvalue weighted by atomic mass is 9.93. The molecule has 2 unspecified atom stereocenters. The fraction of sp³-hybridized carbons (Fsp3) is 0.733. The van der Waals surface area contributed by atoms with Gasteiger partial charge in [-0.25, -0.2) is 0 Å². The number of hydrogen-bond acceptors (Lipinski definition) is 2. The SMILES string of the molecule is CCN(CC)CC(C)n1ccc2c1CCCC2N. The maximum Gasteiger partial charge on any atom is 0.0432 e. The van der Waals surface area contributed by atoms with Gasteiger partial charge in [-0.3, -0.25) is 0 Å². The molecule has 18 heavy (non-hydrogen) atoms. The number of hydrogen-bond donors (Lipinski definition) is 1. The van der Waals surface area contributed by atoms with Gasteiger partial charge in [-0.2, -0.15) is 0 Å². The van der Waals surface area contributed by atoms with Crippen LogP contribution in [-0.2, 0) is 6.42 Å². The van der Waals surface area contributed by atoms with Gasteiger partial charge >= 0.3 is 0 Å². The smallest absolute Gasteiger partial charge is 0.0432 e. The van der Waals surface area contributed by atoms with Crippen molar-refractivity contribution >= 4 is 0 Å². The fourth-order valence-corrected chi connectivity index (χ4v) is 3.11. The van der Waals surface area contributed by atoms with Gasteiger partial charge in [-0.1, -0.05) is 13.8 Å². The molecule has 1 aliphatic rings. The van der Waals surface area contributed by atoms with Crippen LogP contribution in [0.5, 0.6) is 0 Å². The van der Waals surface area contributed by atoms with Crippen LogP contribution in [0.4, 0.5) is 0 Å². The van der Waals surface area contributed by atoms with E-state index in [2.05, 4.69) is 42.5 Å². The Hall–Kier alpha value is -0.800. The van der Waals surface area contributed by atoms with E-state index in [1.807, 2.05) is 0 Å². The van der Waals surface area contributed by atoms with Gasteiger partial charge in [0.1, 0.15) is 0 Å². The third-order valence-electron chi connectivity index (χ3n) is 4.28. The molecule has 2 atom stereocenters. The Morgan fingerprint density at radius 3 is 2.83 bits per heavy atom. The van der Waals surface area contributed by atoms with Crippen molar-refractivity contribution in [3.05, 3.63) is 23.5 Å². The Bertz CT molecular complexity index is 379. The van der Waals surface area contributed by atoms with Crippen molar-refractivity contribution in [1.82, 2.24) is 9.47 Å². The molecule has 0 bridgehead atoms. The molecule has 0 aromatic carbocycles. The number of nitrogens with zero attached hydrogens (tertiary/aromatic N) is 2. The van der Waals surface area contributed by atoms with Crippen LogP contribution in [0.1, 0.15) is 57.0 Å². The molecule has 0 amide bonds. The number of aromatic nitrogens is 1. The van der Waals surface area contributed by atoms with Crippen molar-refractivity contribution < 1.29 is 0 Å². The molecule has 3 nitrogen and oxygen atoms in total. The molecular weight excluding hydrogens is 222 g/mol. The quantitative estimate of drug-likeness (QED) is 0.870. The summed E-state index contributed by atoms with van der Waals surface area (Å²) in [4.78, 5) is 2.49. The van der Waals surface area contributed by atoms with Crippen molar-refractivity contribution in [2.45, 2.75) is 52.1 Å². The van der Waals surface area contributed by atoms with E-state index in [1.54, 1.807) is 0 Å². The van der Waals surface area contributed by atoms with Gasteiger partial charge < -0.3 is 15.2 Å². The molecule has 0 radical (unpaired) electrons. The standard InChI is InChI=1S/C15H27N3/c1-4-17(5-2)11-12(3)18-10-9-13-14(16)7-6-8-15(13)18/h9-10,12,14H,4-8,11,16H2,1-3H3. The van der Waals surface area contributed by atoms with Crippen LogP contribution in [0.25, 0.3) is 0 Å². The van der Waals surface area contributed by atoms with Crippen molar-refractivity contribution in [1.29, 1.82) is 0 Å². The van der Waals surface area contributed by atoms with E-state index >= 15 is 0 Å². The van der Waals surface area contributed by atoms with Gasteiger partial charge in [0.2, 0.25) is 0 Å². The zero-order valence-electron chi connectivity index (χ0n) is 12.0. The van der Waals surface area contributed by atoms with Gasteiger partial charge in [-0.15, -0.1) is 0 Å². The Morgan fingerprint density at radius 1 is 1.44 bits per heavy atom. The summed E-state index contributed by atoms with van der Waals surface area (Å²) < 4.78 is 2.45. The summed E-state index contributed by atoms with van der Waals surface area (Å²) in [5.41, 5.74) is 9.05. The molecule has 1 aromatic heterocycles. The second-order valence-electron chi connectivity index (χ2n) is 5.46. The highest BCUT2D eigenvalue weighted by Gasteiger charge is 2.22. The number of nitrogens with two attached hydrogens (primary N) is 1. The van der Waals surface area contributed by atoms with E-state index in [1.165, 1.54) is 24.1 Å². The largest absolute Gasteiger partial charge is 0.347 e. The summed E-state index contributed by atoms with van der Waals surface area (Å²) in [5, 5.41) is 0. The summed E-state index contributed by atoms with van der Waals surface area (Å²) in [6, 6.07) is 3.03. The van der Waals surface area contributed by atoms with Gasteiger partial charge in [0, 0.05) is 30.5 Å². The van der Waals surface area contributed by atoms with Crippen molar-refractivity contribution in [2.24, 2.45) is 5.73 Å². The Kier molecular flexibility index (Phi) is 4.46. The zero-order chi connectivity index (χ0) is 13.1. The number of likely N-dealkylation sites (N-methyl/N-ethyl adjacent to an activating group) is 1. The minimum Gasteiger partial charge on any atom is -0.347 e. The molecule has 102 valence electrons. The summed E-state index contributed by atoms with van der Waals surface area (Å²) in [6.45, 7) is 10.2. The van der Waals surface area contributed by atoms with Crippen LogP contribution in [0.3, 0.4) is 0 Å². The lowest BCUT2D eigenvalue weighted by molar-refractivity contribution is 0.258. The van der Waals surface area contributed by atoms with Crippen LogP contribution in [0.15, 0.2) is 12.3 Å². The van der Waals surface area contributed by atoms with E-state index < -0.39 is 0 Å². The molecule has 1 heterocycles. The van der Waals surface area contributed by atoms with Crippen LogP contribution in [0.2, 0.25) is 0 Å². The first kappa shape index (κ1) is 13.6. The van der Waals surface area contributed by atoms with Crippen LogP contribution < -0.4 is 5.73 Å². The minimum absolute atomic E-state index is 0.260. The lowest BCUT2D eigenvalue weighted by Crippen LogP contribution is -2.30. The zero-order valence-corrected chi connectivity index (χ0v) is 12.0. The highest BCUT2D eigenvalue weighted by atomic mass is 15.2. The predicted octanol–water partition coefficient (Wildman–Crippen LogP) is 2.73. The minimum atomic E-state index is 0.260. The summed E-state index contributed by atoms with van der Waals surface area (Å²) in [6.07, 6.45) is 5.81. The molecule has 3 heteroatoms. The molecular formula is C15H27N3. The Morgan fingerprint density at radius 2 is 2.17 bits per heavy atom. The van der Waals surface area contributed by atoms with Crippen molar-refractivity contribution in [3.8, 4) is 0 Å². The monoisotopic (exact) mass is 249 g/mol. The summed E-state index contributed by atoms with van der Waals surface area (Å²) in [5.74, 6) is 0. The Labute approximate surface area is 111 Å². The van der Waals surface area contributed by atoms with Crippen LogP contribution >= 0.6 is 0 Å². The maximum atomic E-state index is 6.19. The molecule has 2 N–H and O–H groups in total. The average Bonchev–Trinajstić information content (AvgIpc) is 2.81. The van der Waals surface area contributed by atoms with Crippen LogP contribution in [0, 0.1) is 0 Å². The molecule has 2 rings (SSSR count). The van der Waals surface area contributed by atoms with E-state index in [4.69, 9.17) is 5.73 Å². The first-order valence-electron chi connectivity index (χ1n) is 7.34. The molecule has 1 aliphatic carbocycles. The third-order valence-corrected chi connectivity index (χ3v) is 4.28. The van der Waals surface area contributed by atoms with Gasteiger partial charge in [-0.05, 0) is 50.9 Å². The Balaban J connectivity index is 2.13. The lowest BCUT2D eigenvalue weighted by Gasteiger charge is -2.27. The first-order valence-corrected chi connectivity index (χ1v) is 7.34. The van der Waals surface area contributed by atoms with E-state index in [9.17, 15) is 0 Å². The predicted molar refractivity (Wildman–Crippen MR) is 76.8 cm³/mol. The second-order valence-corrected chi connectivity index (χ2v) is 5.46. The van der Waals surface area contributed by atoms with Crippen molar-refractivity contribution in [2.75, 3.05) is 19.6 Å². The highest BCUT2D eigenvalue weighted by Crippen LogP contribution is 2.30. The first-order chi connectivity index (χ1) is 8.67. The average molecular weight is 249 g/mol. The topological polar surface area (TPSA) is 34.2 Å². The molecule has 1 aromatic rings. The van der Waals surface area contributed by atoms with E-state index in [0.717, 1.165) is 26.1 Å².